The monoisotopic (exact) mass is 272 g/mol. The molecule has 1 aromatic heterocycles. The molecule has 82 valence electrons. The summed E-state index contributed by atoms with van der Waals surface area (Å²) in [5.74, 6) is 0. The van der Waals surface area contributed by atoms with Gasteiger partial charge in [0, 0.05) is 6.07 Å². The number of nitrogens with one attached hydrogen (secondary N) is 2. The minimum absolute atomic E-state index is 0.259. The Kier molecular flexibility index (Phi) is 3.14. The molecule has 6 heteroatoms. The van der Waals surface area contributed by atoms with Crippen molar-refractivity contribution < 1.29 is 0 Å². The lowest BCUT2D eigenvalue weighted by Gasteiger charge is -2.02. The van der Waals surface area contributed by atoms with Crippen molar-refractivity contribution in [2.24, 2.45) is 0 Å². The van der Waals surface area contributed by atoms with Gasteiger partial charge >= 0.3 is 0 Å². The molecule has 0 saturated heterocycles. The van der Waals surface area contributed by atoms with Crippen molar-refractivity contribution in [1.82, 2.24) is 9.97 Å². The second kappa shape index (κ2) is 4.41. The molecule has 1 heterocycles. The molecule has 0 radical (unpaired) electrons. The zero-order chi connectivity index (χ0) is 11.7. The number of aromatic amines is 2. The van der Waals surface area contributed by atoms with Gasteiger partial charge in [0.15, 0.2) is 4.77 Å². The molecule has 1 aromatic carbocycles. The second-order valence-electron chi connectivity index (χ2n) is 3.13. The molecule has 0 spiro atoms. The van der Waals surface area contributed by atoms with E-state index in [-0.39, 0.29) is 10.3 Å². The van der Waals surface area contributed by atoms with Crippen molar-refractivity contribution >= 4 is 35.4 Å². The van der Waals surface area contributed by atoms with E-state index in [1.54, 1.807) is 18.2 Å². The maximum absolute atomic E-state index is 11.2. The van der Waals surface area contributed by atoms with Crippen molar-refractivity contribution in [2.75, 3.05) is 0 Å². The van der Waals surface area contributed by atoms with Crippen LogP contribution in [0.15, 0.2) is 29.1 Å². The van der Waals surface area contributed by atoms with Gasteiger partial charge in [0.05, 0.1) is 15.7 Å². The number of benzene rings is 1. The molecule has 0 aliphatic carbocycles. The minimum atomic E-state index is -0.259. The number of hydrogen-bond donors (Lipinski definition) is 2. The summed E-state index contributed by atoms with van der Waals surface area (Å²) in [6, 6.07) is 6.50. The minimum Gasteiger partial charge on any atom is -0.332 e. The summed E-state index contributed by atoms with van der Waals surface area (Å²) in [6.45, 7) is 0. The highest BCUT2D eigenvalue weighted by Gasteiger charge is 2.03. The molecule has 0 fully saturated rings. The number of rotatable bonds is 1. The Morgan fingerprint density at radius 1 is 1.06 bits per heavy atom. The van der Waals surface area contributed by atoms with Crippen LogP contribution < -0.4 is 5.56 Å². The van der Waals surface area contributed by atoms with E-state index < -0.39 is 0 Å². The van der Waals surface area contributed by atoms with Crippen LogP contribution in [0, 0.1) is 4.77 Å². The molecule has 2 aromatic rings. The molecule has 0 atom stereocenters. The van der Waals surface area contributed by atoms with Crippen LogP contribution in [0.25, 0.3) is 11.3 Å². The maximum Gasteiger partial charge on any atom is 0.252 e. The predicted octanol–water partition coefficient (Wildman–Crippen LogP) is 3.41. The molecular formula is C10H6Cl2N2OS. The third kappa shape index (κ3) is 2.35. The molecule has 16 heavy (non-hydrogen) atoms. The molecule has 2 N–H and O–H groups in total. The van der Waals surface area contributed by atoms with E-state index in [0.29, 0.717) is 15.7 Å². The number of aromatic nitrogens is 2. The summed E-state index contributed by atoms with van der Waals surface area (Å²) in [7, 11) is 0. The van der Waals surface area contributed by atoms with E-state index >= 15 is 0 Å². The van der Waals surface area contributed by atoms with Gasteiger partial charge in [-0.15, -0.1) is 0 Å². The van der Waals surface area contributed by atoms with Crippen LogP contribution in [0.4, 0.5) is 0 Å². The summed E-state index contributed by atoms with van der Waals surface area (Å²) < 4.78 is 0.272. The van der Waals surface area contributed by atoms with Gasteiger partial charge in [-0.1, -0.05) is 29.3 Å². The van der Waals surface area contributed by atoms with Gasteiger partial charge in [-0.3, -0.25) is 9.78 Å². The van der Waals surface area contributed by atoms with E-state index in [1.165, 1.54) is 6.07 Å². The van der Waals surface area contributed by atoms with Crippen LogP contribution in [-0.4, -0.2) is 9.97 Å². The summed E-state index contributed by atoms with van der Waals surface area (Å²) in [5.41, 5.74) is 1.10. The Bertz CT molecular complexity index is 620. The van der Waals surface area contributed by atoms with Gasteiger partial charge in [-0.2, -0.15) is 0 Å². The summed E-state index contributed by atoms with van der Waals surface area (Å²) in [4.78, 5) is 16.6. The average molecular weight is 273 g/mol. The first kappa shape index (κ1) is 11.4. The van der Waals surface area contributed by atoms with Gasteiger partial charge in [0.25, 0.3) is 5.56 Å². The highest BCUT2D eigenvalue weighted by atomic mass is 35.5. The molecule has 2 rings (SSSR count). The van der Waals surface area contributed by atoms with Crippen molar-refractivity contribution in [2.45, 2.75) is 0 Å². The Hall–Kier alpha value is -1.10. The smallest absolute Gasteiger partial charge is 0.252 e. The SMILES string of the molecule is O=c1cc(-c2ccc(Cl)c(Cl)c2)[nH]c(=S)[nH]1. The standard InChI is InChI=1S/C10H6Cl2N2OS/c11-6-2-1-5(3-7(6)12)8-4-9(15)14-10(16)13-8/h1-4H,(H2,13,14,15,16). The predicted molar refractivity (Wildman–Crippen MR) is 67.7 cm³/mol. The van der Waals surface area contributed by atoms with Gasteiger partial charge in [-0.25, -0.2) is 0 Å². The van der Waals surface area contributed by atoms with Crippen LogP contribution in [0.3, 0.4) is 0 Å². The van der Waals surface area contributed by atoms with Crippen molar-refractivity contribution in [3.8, 4) is 11.3 Å². The van der Waals surface area contributed by atoms with Crippen LogP contribution in [0.1, 0.15) is 0 Å². The van der Waals surface area contributed by atoms with Crippen molar-refractivity contribution in [1.29, 1.82) is 0 Å². The molecule has 0 saturated carbocycles. The molecule has 0 amide bonds. The molecule has 0 unspecified atom stereocenters. The fourth-order valence-electron chi connectivity index (χ4n) is 1.29. The molecule has 0 bridgehead atoms. The summed E-state index contributed by atoms with van der Waals surface area (Å²) >= 11 is 16.6. The van der Waals surface area contributed by atoms with E-state index in [1.807, 2.05) is 0 Å². The van der Waals surface area contributed by atoms with E-state index in [9.17, 15) is 4.79 Å². The molecular weight excluding hydrogens is 267 g/mol. The van der Waals surface area contributed by atoms with E-state index in [0.717, 1.165) is 5.56 Å². The highest BCUT2D eigenvalue weighted by molar-refractivity contribution is 7.71. The van der Waals surface area contributed by atoms with Crippen LogP contribution in [0.2, 0.25) is 10.0 Å². The quantitative estimate of drug-likeness (QED) is 0.782. The molecule has 0 aliphatic rings. The molecule has 0 aliphatic heterocycles. The van der Waals surface area contributed by atoms with Crippen molar-refractivity contribution in [3.05, 3.63) is 49.4 Å². The lowest BCUT2D eigenvalue weighted by atomic mass is 10.1. The van der Waals surface area contributed by atoms with Gasteiger partial charge < -0.3 is 4.98 Å². The fourth-order valence-corrected chi connectivity index (χ4v) is 1.80. The van der Waals surface area contributed by atoms with Gasteiger partial charge in [0.1, 0.15) is 0 Å². The first-order valence-corrected chi connectivity index (χ1v) is 5.52. The largest absolute Gasteiger partial charge is 0.332 e. The lowest BCUT2D eigenvalue weighted by Crippen LogP contribution is -2.06. The Morgan fingerprint density at radius 2 is 1.81 bits per heavy atom. The second-order valence-corrected chi connectivity index (χ2v) is 4.35. The Balaban J connectivity index is 2.63. The normalized spacial score (nSPS) is 10.4. The highest BCUT2D eigenvalue weighted by Crippen LogP contribution is 2.26. The zero-order valence-corrected chi connectivity index (χ0v) is 10.2. The topological polar surface area (TPSA) is 48.6 Å². The zero-order valence-electron chi connectivity index (χ0n) is 7.88. The summed E-state index contributed by atoms with van der Waals surface area (Å²) in [5, 5.41) is 0.896. The number of halogens is 2. The maximum atomic E-state index is 11.2. The third-order valence-corrected chi connectivity index (χ3v) is 2.93. The van der Waals surface area contributed by atoms with E-state index in [2.05, 4.69) is 9.97 Å². The van der Waals surface area contributed by atoms with Gasteiger partial charge in [0.2, 0.25) is 0 Å². The van der Waals surface area contributed by atoms with Gasteiger partial charge in [-0.05, 0) is 29.9 Å². The Morgan fingerprint density at radius 3 is 2.44 bits per heavy atom. The third-order valence-electron chi connectivity index (χ3n) is 1.99. The van der Waals surface area contributed by atoms with E-state index in [4.69, 9.17) is 35.4 Å². The Labute approximate surface area is 106 Å². The summed E-state index contributed by atoms with van der Waals surface area (Å²) in [6.07, 6.45) is 0. The van der Waals surface area contributed by atoms with Crippen LogP contribution in [0.5, 0.6) is 0 Å². The fraction of sp³-hybridized carbons (Fsp3) is 0. The number of H-pyrrole nitrogens is 2. The lowest BCUT2D eigenvalue weighted by molar-refractivity contribution is 1.09. The molecule has 3 nitrogen and oxygen atoms in total. The number of hydrogen-bond acceptors (Lipinski definition) is 2. The first-order chi connectivity index (χ1) is 7.56. The van der Waals surface area contributed by atoms with Crippen LogP contribution in [-0.2, 0) is 0 Å². The first-order valence-electron chi connectivity index (χ1n) is 4.35. The van der Waals surface area contributed by atoms with Crippen LogP contribution >= 0.6 is 35.4 Å². The average Bonchev–Trinajstić information content (AvgIpc) is 2.20. The van der Waals surface area contributed by atoms with Crippen molar-refractivity contribution in [3.63, 3.8) is 0 Å².